The Labute approximate surface area is 109 Å². The van der Waals surface area contributed by atoms with Crippen LogP contribution >= 0.6 is 0 Å². The second-order valence-corrected chi connectivity index (χ2v) is 7.06. The lowest BCUT2D eigenvalue weighted by atomic mass is 9.95. The van der Waals surface area contributed by atoms with Gasteiger partial charge in [0, 0.05) is 25.0 Å². The van der Waals surface area contributed by atoms with Gasteiger partial charge in [-0.3, -0.25) is 5.10 Å². The van der Waals surface area contributed by atoms with Crippen molar-refractivity contribution in [3.05, 3.63) is 18.0 Å². The van der Waals surface area contributed by atoms with Gasteiger partial charge in [-0.25, -0.2) is 12.7 Å². The Balaban J connectivity index is 1.96. The maximum absolute atomic E-state index is 12.0. The lowest BCUT2D eigenvalue weighted by Crippen LogP contribution is -2.41. The highest BCUT2D eigenvalue weighted by molar-refractivity contribution is 7.89. The third-order valence-electron chi connectivity index (χ3n) is 3.40. The van der Waals surface area contributed by atoms with Gasteiger partial charge in [0.25, 0.3) is 0 Å². The molecule has 18 heavy (non-hydrogen) atoms. The van der Waals surface area contributed by atoms with Gasteiger partial charge in [0.15, 0.2) is 0 Å². The van der Waals surface area contributed by atoms with Crippen LogP contribution < -0.4 is 0 Å². The number of nitrogens with one attached hydrogen (secondary N) is 1. The van der Waals surface area contributed by atoms with Crippen LogP contribution in [0.2, 0.25) is 0 Å². The molecule has 0 unspecified atom stereocenters. The number of hydrogen-bond donors (Lipinski definition) is 1. The SMILES string of the molecule is CCCS(=O)(=O)N1CCC[C@@H](Cc2ccn[nH]2)C1. The smallest absolute Gasteiger partial charge is 0.214 e. The highest BCUT2D eigenvalue weighted by Crippen LogP contribution is 2.22. The maximum Gasteiger partial charge on any atom is 0.214 e. The molecule has 1 aliphatic rings. The number of nitrogens with zero attached hydrogens (tertiary/aromatic N) is 2. The van der Waals surface area contributed by atoms with Gasteiger partial charge >= 0.3 is 0 Å². The normalized spacial score (nSPS) is 22.2. The molecule has 0 saturated carbocycles. The highest BCUT2D eigenvalue weighted by atomic mass is 32.2. The first-order chi connectivity index (χ1) is 8.62. The van der Waals surface area contributed by atoms with Gasteiger partial charge in [0.1, 0.15) is 0 Å². The van der Waals surface area contributed by atoms with Crippen LogP contribution in [0.25, 0.3) is 0 Å². The Morgan fingerprint density at radius 3 is 3.06 bits per heavy atom. The predicted molar refractivity (Wildman–Crippen MR) is 70.7 cm³/mol. The molecule has 0 spiro atoms. The van der Waals surface area contributed by atoms with Gasteiger partial charge in [-0.2, -0.15) is 5.10 Å². The van der Waals surface area contributed by atoms with Gasteiger partial charge in [-0.05, 0) is 37.7 Å². The van der Waals surface area contributed by atoms with Gasteiger partial charge in [0.05, 0.1) is 5.75 Å². The minimum Gasteiger partial charge on any atom is -0.283 e. The van der Waals surface area contributed by atoms with Crippen molar-refractivity contribution in [1.29, 1.82) is 0 Å². The molecule has 0 aromatic carbocycles. The standard InChI is InChI=1S/C12H21N3O2S/c1-2-8-18(16,17)15-7-3-4-11(10-15)9-12-5-6-13-14-12/h5-6,11H,2-4,7-10H2,1H3,(H,13,14)/t11-/m0/s1. The minimum atomic E-state index is -3.04. The van der Waals surface area contributed by atoms with Crippen molar-refractivity contribution < 1.29 is 8.42 Å². The molecule has 1 aliphatic heterocycles. The molecule has 0 amide bonds. The number of H-pyrrole nitrogens is 1. The topological polar surface area (TPSA) is 66.1 Å². The van der Waals surface area contributed by atoms with Crippen molar-refractivity contribution >= 4 is 10.0 Å². The molecule has 1 saturated heterocycles. The van der Waals surface area contributed by atoms with Crippen molar-refractivity contribution in [3.63, 3.8) is 0 Å². The number of aromatic amines is 1. The summed E-state index contributed by atoms with van der Waals surface area (Å²) in [6, 6.07) is 1.96. The molecule has 5 nitrogen and oxygen atoms in total. The van der Waals surface area contributed by atoms with E-state index in [2.05, 4.69) is 10.2 Å². The van der Waals surface area contributed by atoms with E-state index < -0.39 is 10.0 Å². The van der Waals surface area contributed by atoms with E-state index in [4.69, 9.17) is 0 Å². The van der Waals surface area contributed by atoms with E-state index in [0.717, 1.165) is 25.0 Å². The summed E-state index contributed by atoms with van der Waals surface area (Å²) in [5, 5.41) is 6.87. The summed E-state index contributed by atoms with van der Waals surface area (Å²) in [7, 11) is -3.04. The second-order valence-electron chi connectivity index (χ2n) is 4.97. The van der Waals surface area contributed by atoms with Crippen molar-refractivity contribution in [2.75, 3.05) is 18.8 Å². The van der Waals surface area contributed by atoms with E-state index in [0.29, 0.717) is 25.4 Å². The minimum absolute atomic E-state index is 0.268. The fraction of sp³-hybridized carbons (Fsp3) is 0.750. The van der Waals surface area contributed by atoms with Gasteiger partial charge in [-0.1, -0.05) is 6.92 Å². The monoisotopic (exact) mass is 271 g/mol. The second kappa shape index (κ2) is 5.84. The average Bonchev–Trinajstić information content (AvgIpc) is 2.82. The summed E-state index contributed by atoms with van der Waals surface area (Å²) < 4.78 is 25.7. The molecule has 102 valence electrons. The molecule has 0 bridgehead atoms. The van der Waals surface area contributed by atoms with Crippen molar-refractivity contribution in [3.8, 4) is 0 Å². The molecular formula is C12H21N3O2S. The Morgan fingerprint density at radius 2 is 2.39 bits per heavy atom. The number of aromatic nitrogens is 2. The third-order valence-corrected chi connectivity index (χ3v) is 5.45. The Hall–Kier alpha value is -0.880. The summed E-state index contributed by atoms with van der Waals surface area (Å²) in [5.74, 6) is 0.676. The quantitative estimate of drug-likeness (QED) is 0.880. The van der Waals surface area contributed by atoms with Crippen LogP contribution in [0.3, 0.4) is 0 Å². The largest absolute Gasteiger partial charge is 0.283 e. The van der Waals surface area contributed by atoms with Crippen LogP contribution in [0.5, 0.6) is 0 Å². The van der Waals surface area contributed by atoms with Crippen LogP contribution in [0.15, 0.2) is 12.3 Å². The first-order valence-electron chi connectivity index (χ1n) is 6.58. The third kappa shape index (κ3) is 3.32. The Morgan fingerprint density at radius 1 is 1.56 bits per heavy atom. The molecule has 0 aliphatic carbocycles. The summed E-state index contributed by atoms with van der Waals surface area (Å²) in [6.07, 6.45) is 5.37. The molecule has 2 heterocycles. The first kappa shape index (κ1) is 13.5. The Kier molecular flexibility index (Phi) is 4.40. The van der Waals surface area contributed by atoms with Crippen molar-refractivity contribution in [1.82, 2.24) is 14.5 Å². The number of piperidine rings is 1. The highest BCUT2D eigenvalue weighted by Gasteiger charge is 2.28. The number of rotatable bonds is 5. The van der Waals surface area contributed by atoms with Crippen LogP contribution in [-0.4, -0.2) is 41.8 Å². The summed E-state index contributed by atoms with van der Waals surface area (Å²) in [5.41, 5.74) is 1.09. The summed E-state index contributed by atoms with van der Waals surface area (Å²) in [6.45, 7) is 3.24. The molecule has 2 rings (SSSR count). The van der Waals surface area contributed by atoms with Crippen LogP contribution in [-0.2, 0) is 16.4 Å². The summed E-state index contributed by atoms with van der Waals surface area (Å²) in [4.78, 5) is 0. The predicted octanol–water partition coefficient (Wildman–Crippen LogP) is 1.40. The fourth-order valence-electron chi connectivity index (χ4n) is 2.54. The van der Waals surface area contributed by atoms with Gasteiger partial charge < -0.3 is 0 Å². The van der Waals surface area contributed by atoms with Crippen LogP contribution in [0.4, 0.5) is 0 Å². The molecular weight excluding hydrogens is 250 g/mol. The molecule has 0 radical (unpaired) electrons. The van der Waals surface area contributed by atoms with Gasteiger partial charge in [-0.15, -0.1) is 0 Å². The molecule has 1 fully saturated rings. The molecule has 1 N–H and O–H groups in total. The molecule has 1 aromatic rings. The molecule has 1 aromatic heterocycles. The molecule has 6 heteroatoms. The van der Waals surface area contributed by atoms with E-state index >= 15 is 0 Å². The zero-order valence-electron chi connectivity index (χ0n) is 10.8. The van der Waals surface area contributed by atoms with Crippen LogP contribution in [0.1, 0.15) is 31.9 Å². The number of hydrogen-bond acceptors (Lipinski definition) is 3. The van der Waals surface area contributed by atoms with E-state index in [-0.39, 0.29) is 5.75 Å². The maximum atomic E-state index is 12.0. The zero-order chi connectivity index (χ0) is 13.0. The molecule has 1 atom stereocenters. The fourth-order valence-corrected chi connectivity index (χ4v) is 4.16. The average molecular weight is 271 g/mol. The van der Waals surface area contributed by atoms with E-state index in [1.165, 1.54) is 0 Å². The van der Waals surface area contributed by atoms with Gasteiger partial charge in [0.2, 0.25) is 10.0 Å². The summed E-state index contributed by atoms with van der Waals surface area (Å²) >= 11 is 0. The lowest BCUT2D eigenvalue weighted by molar-refractivity contribution is 0.264. The van der Waals surface area contributed by atoms with Crippen molar-refractivity contribution in [2.45, 2.75) is 32.6 Å². The van der Waals surface area contributed by atoms with E-state index in [9.17, 15) is 8.42 Å². The van der Waals surface area contributed by atoms with E-state index in [1.807, 2.05) is 13.0 Å². The Bertz CT molecular complexity index is 456. The van der Waals surface area contributed by atoms with Crippen LogP contribution in [0, 0.1) is 5.92 Å². The van der Waals surface area contributed by atoms with Crippen molar-refractivity contribution in [2.24, 2.45) is 5.92 Å². The van der Waals surface area contributed by atoms with E-state index in [1.54, 1.807) is 10.5 Å². The lowest BCUT2D eigenvalue weighted by Gasteiger charge is -2.31. The zero-order valence-corrected chi connectivity index (χ0v) is 11.6. The first-order valence-corrected chi connectivity index (χ1v) is 8.19. The number of sulfonamides is 1.